The normalized spacial score (nSPS) is 18.5. The molecular weight excluding hydrogens is 281 g/mol. The fourth-order valence-corrected chi connectivity index (χ4v) is 2.87. The molecule has 110 valence electrons. The van der Waals surface area contributed by atoms with Gasteiger partial charge in [0.05, 0.1) is 5.02 Å². The highest BCUT2D eigenvalue weighted by molar-refractivity contribution is 6.30. The molecule has 3 nitrogen and oxygen atoms in total. The molecule has 5 heteroatoms. The fourth-order valence-electron chi connectivity index (χ4n) is 2.68. The third kappa shape index (κ3) is 3.93. The molecule has 1 atom stereocenters. The largest absolute Gasteiger partial charge is 0.480 e. The summed E-state index contributed by atoms with van der Waals surface area (Å²) in [5, 5.41) is 12.5. The van der Waals surface area contributed by atoms with Gasteiger partial charge in [0.15, 0.2) is 0 Å². The Hall–Kier alpha value is -1.13. The summed E-state index contributed by atoms with van der Waals surface area (Å²) in [6.45, 7) is 0. The first-order chi connectivity index (χ1) is 9.58. The molecule has 20 heavy (non-hydrogen) atoms. The van der Waals surface area contributed by atoms with Gasteiger partial charge in [-0.15, -0.1) is 0 Å². The SMILES string of the molecule is O=C(O)C(NC1CCCCCC1)c1ccc(F)c(Cl)c1. The average molecular weight is 300 g/mol. The van der Waals surface area contributed by atoms with Gasteiger partial charge in [-0.3, -0.25) is 10.1 Å². The van der Waals surface area contributed by atoms with Crippen LogP contribution in [0.25, 0.3) is 0 Å². The summed E-state index contributed by atoms with van der Waals surface area (Å²) in [4.78, 5) is 11.5. The van der Waals surface area contributed by atoms with Gasteiger partial charge in [0.1, 0.15) is 11.9 Å². The number of carbonyl (C=O) groups is 1. The highest BCUT2D eigenvalue weighted by atomic mass is 35.5. The molecule has 0 spiro atoms. The lowest BCUT2D eigenvalue weighted by atomic mass is 10.0. The first kappa shape index (κ1) is 15.3. The molecule has 0 bridgehead atoms. The second-order valence-electron chi connectivity index (χ2n) is 5.30. The zero-order valence-corrected chi connectivity index (χ0v) is 12.0. The lowest BCUT2D eigenvalue weighted by Gasteiger charge is -2.22. The van der Waals surface area contributed by atoms with Crippen molar-refractivity contribution in [2.45, 2.75) is 50.6 Å². The molecule has 0 aliphatic heterocycles. The molecule has 1 aromatic carbocycles. The fraction of sp³-hybridized carbons (Fsp3) is 0.533. The third-order valence-corrected chi connectivity index (χ3v) is 4.07. The highest BCUT2D eigenvalue weighted by Gasteiger charge is 2.24. The molecule has 1 aliphatic rings. The number of carboxylic acids is 1. The number of hydrogen-bond donors (Lipinski definition) is 2. The Morgan fingerprint density at radius 1 is 1.30 bits per heavy atom. The van der Waals surface area contributed by atoms with Crippen molar-refractivity contribution in [2.24, 2.45) is 0 Å². The van der Waals surface area contributed by atoms with E-state index in [1.165, 1.54) is 31.0 Å². The van der Waals surface area contributed by atoms with Gasteiger partial charge in [0.2, 0.25) is 0 Å². The number of benzene rings is 1. The summed E-state index contributed by atoms with van der Waals surface area (Å²) in [7, 11) is 0. The molecule has 1 aliphatic carbocycles. The van der Waals surface area contributed by atoms with E-state index in [0.717, 1.165) is 25.7 Å². The van der Waals surface area contributed by atoms with Crippen molar-refractivity contribution in [3.8, 4) is 0 Å². The molecule has 1 fully saturated rings. The van der Waals surface area contributed by atoms with Gasteiger partial charge >= 0.3 is 5.97 Å². The first-order valence-electron chi connectivity index (χ1n) is 7.01. The minimum absolute atomic E-state index is 0.0450. The average Bonchev–Trinajstić information content (AvgIpc) is 2.67. The second kappa shape index (κ2) is 7.04. The molecule has 1 aromatic rings. The van der Waals surface area contributed by atoms with Crippen LogP contribution in [0.5, 0.6) is 0 Å². The summed E-state index contributed by atoms with van der Waals surface area (Å²) < 4.78 is 13.2. The van der Waals surface area contributed by atoms with Crippen LogP contribution in [-0.4, -0.2) is 17.1 Å². The number of carboxylic acid groups (broad SMARTS) is 1. The standard InChI is InChI=1S/C15H19ClFNO2/c16-12-9-10(7-8-13(12)17)14(15(19)20)18-11-5-3-1-2-4-6-11/h7-9,11,14,18H,1-6H2,(H,19,20). The van der Waals surface area contributed by atoms with Gasteiger partial charge in [-0.25, -0.2) is 4.39 Å². The Morgan fingerprint density at radius 3 is 2.50 bits per heavy atom. The van der Waals surface area contributed by atoms with Crippen molar-refractivity contribution in [1.82, 2.24) is 5.32 Å². The molecule has 0 aromatic heterocycles. The van der Waals surface area contributed by atoms with Crippen LogP contribution in [0.3, 0.4) is 0 Å². The number of nitrogens with one attached hydrogen (secondary N) is 1. The minimum atomic E-state index is -0.961. The van der Waals surface area contributed by atoms with Crippen LogP contribution in [0.4, 0.5) is 4.39 Å². The monoisotopic (exact) mass is 299 g/mol. The van der Waals surface area contributed by atoms with E-state index in [0.29, 0.717) is 5.56 Å². The Morgan fingerprint density at radius 2 is 1.95 bits per heavy atom. The van der Waals surface area contributed by atoms with E-state index in [1.807, 2.05) is 0 Å². The van der Waals surface area contributed by atoms with Gasteiger partial charge in [0.25, 0.3) is 0 Å². The van der Waals surface area contributed by atoms with Crippen molar-refractivity contribution in [3.05, 3.63) is 34.6 Å². The van der Waals surface area contributed by atoms with Gasteiger partial charge in [0, 0.05) is 6.04 Å². The van der Waals surface area contributed by atoms with E-state index in [2.05, 4.69) is 5.32 Å². The third-order valence-electron chi connectivity index (χ3n) is 3.78. The Bertz CT molecular complexity index is 473. The van der Waals surface area contributed by atoms with E-state index < -0.39 is 17.8 Å². The number of hydrogen-bond acceptors (Lipinski definition) is 2. The maximum absolute atomic E-state index is 13.2. The maximum atomic E-state index is 13.2. The van der Waals surface area contributed by atoms with Crippen LogP contribution in [0.1, 0.15) is 50.1 Å². The van der Waals surface area contributed by atoms with E-state index in [1.54, 1.807) is 0 Å². The minimum Gasteiger partial charge on any atom is -0.480 e. The van der Waals surface area contributed by atoms with Crippen LogP contribution in [-0.2, 0) is 4.79 Å². The van der Waals surface area contributed by atoms with E-state index in [-0.39, 0.29) is 11.1 Å². The molecule has 0 amide bonds. The number of rotatable bonds is 4. The zero-order chi connectivity index (χ0) is 14.5. The quantitative estimate of drug-likeness (QED) is 0.829. The van der Waals surface area contributed by atoms with Crippen molar-refractivity contribution < 1.29 is 14.3 Å². The van der Waals surface area contributed by atoms with E-state index in [4.69, 9.17) is 11.6 Å². The summed E-state index contributed by atoms with van der Waals surface area (Å²) in [5.41, 5.74) is 0.494. The number of halogens is 2. The van der Waals surface area contributed by atoms with Crippen molar-refractivity contribution >= 4 is 17.6 Å². The molecule has 0 heterocycles. The lowest BCUT2D eigenvalue weighted by Crippen LogP contribution is -2.36. The highest BCUT2D eigenvalue weighted by Crippen LogP contribution is 2.24. The van der Waals surface area contributed by atoms with Gasteiger partial charge in [-0.05, 0) is 30.5 Å². The molecule has 1 saturated carbocycles. The zero-order valence-electron chi connectivity index (χ0n) is 11.2. The predicted molar refractivity (Wildman–Crippen MR) is 76.4 cm³/mol. The van der Waals surface area contributed by atoms with Crippen LogP contribution in [0, 0.1) is 5.82 Å². The first-order valence-corrected chi connectivity index (χ1v) is 7.39. The van der Waals surface area contributed by atoms with Gasteiger partial charge in [-0.1, -0.05) is 43.4 Å². The predicted octanol–water partition coefficient (Wildman–Crippen LogP) is 3.92. The van der Waals surface area contributed by atoms with Crippen molar-refractivity contribution in [3.63, 3.8) is 0 Å². The topological polar surface area (TPSA) is 49.3 Å². The smallest absolute Gasteiger partial charge is 0.325 e. The Labute approximate surface area is 123 Å². The van der Waals surface area contributed by atoms with Crippen LogP contribution >= 0.6 is 11.6 Å². The second-order valence-corrected chi connectivity index (χ2v) is 5.71. The van der Waals surface area contributed by atoms with E-state index >= 15 is 0 Å². The summed E-state index contributed by atoms with van der Waals surface area (Å²) >= 11 is 5.74. The summed E-state index contributed by atoms with van der Waals surface area (Å²) in [6.07, 6.45) is 6.62. The van der Waals surface area contributed by atoms with Gasteiger partial charge in [-0.2, -0.15) is 0 Å². The molecule has 0 radical (unpaired) electrons. The molecular formula is C15H19ClFNO2. The van der Waals surface area contributed by atoms with Crippen LogP contribution < -0.4 is 5.32 Å². The molecule has 2 rings (SSSR count). The van der Waals surface area contributed by atoms with E-state index in [9.17, 15) is 14.3 Å². The van der Waals surface area contributed by atoms with Crippen molar-refractivity contribution in [2.75, 3.05) is 0 Å². The molecule has 2 N–H and O–H groups in total. The van der Waals surface area contributed by atoms with Crippen LogP contribution in [0.2, 0.25) is 5.02 Å². The maximum Gasteiger partial charge on any atom is 0.325 e. The Kier molecular flexibility index (Phi) is 5.38. The number of aliphatic carboxylic acids is 1. The molecule has 0 saturated heterocycles. The van der Waals surface area contributed by atoms with Gasteiger partial charge < -0.3 is 5.11 Å². The summed E-state index contributed by atoms with van der Waals surface area (Å²) in [5.74, 6) is -1.49. The summed E-state index contributed by atoms with van der Waals surface area (Å²) in [6, 6.07) is 3.43. The molecule has 1 unspecified atom stereocenters. The Balaban J connectivity index is 2.13. The van der Waals surface area contributed by atoms with Crippen molar-refractivity contribution in [1.29, 1.82) is 0 Å². The van der Waals surface area contributed by atoms with Crippen LogP contribution in [0.15, 0.2) is 18.2 Å². The lowest BCUT2D eigenvalue weighted by molar-refractivity contribution is -0.140.